The number of nitrogens with zero attached hydrogens (tertiary/aromatic N) is 2. The molecule has 0 bridgehead atoms. The first-order chi connectivity index (χ1) is 11.9. The van der Waals surface area contributed by atoms with Crippen LogP contribution in [-0.4, -0.2) is 67.6 Å². The van der Waals surface area contributed by atoms with Crippen LogP contribution in [0.25, 0.3) is 0 Å². The number of ether oxygens (including phenoxy) is 1. The third kappa shape index (κ3) is 4.22. The van der Waals surface area contributed by atoms with Crippen molar-refractivity contribution in [2.75, 3.05) is 39.9 Å². The number of carbonyl (C=O) groups is 2. The Bertz CT molecular complexity index is 638. The smallest absolute Gasteiger partial charge is 0.237 e. The summed E-state index contributed by atoms with van der Waals surface area (Å²) in [6, 6.07) is 3.37. The Morgan fingerprint density at radius 2 is 2.20 bits per heavy atom. The third-order valence-electron chi connectivity index (χ3n) is 4.91. The van der Waals surface area contributed by atoms with Gasteiger partial charge in [-0.25, -0.2) is 0 Å². The van der Waals surface area contributed by atoms with Crippen LogP contribution in [0, 0.1) is 12.3 Å². The van der Waals surface area contributed by atoms with Crippen LogP contribution in [0.2, 0.25) is 0 Å². The average Bonchev–Trinajstić information content (AvgIpc) is 2.94. The van der Waals surface area contributed by atoms with Gasteiger partial charge in [0.05, 0.1) is 32.2 Å². The van der Waals surface area contributed by atoms with Crippen molar-refractivity contribution in [1.82, 2.24) is 15.1 Å². The van der Waals surface area contributed by atoms with Crippen molar-refractivity contribution >= 4 is 11.8 Å². The van der Waals surface area contributed by atoms with Crippen molar-refractivity contribution in [2.45, 2.75) is 32.9 Å². The second kappa shape index (κ2) is 7.17. The van der Waals surface area contributed by atoms with Gasteiger partial charge in [0.2, 0.25) is 11.8 Å². The van der Waals surface area contributed by atoms with Crippen LogP contribution in [0.1, 0.15) is 24.9 Å². The maximum absolute atomic E-state index is 12.6. The minimum absolute atomic E-state index is 0.0178. The van der Waals surface area contributed by atoms with Gasteiger partial charge in [-0.3, -0.25) is 14.5 Å². The van der Waals surface area contributed by atoms with Crippen molar-refractivity contribution in [3.63, 3.8) is 0 Å². The van der Waals surface area contributed by atoms with Gasteiger partial charge < -0.3 is 19.4 Å². The van der Waals surface area contributed by atoms with Gasteiger partial charge in [0.15, 0.2) is 0 Å². The van der Waals surface area contributed by atoms with E-state index in [1.165, 1.54) is 0 Å². The quantitative estimate of drug-likeness (QED) is 0.821. The van der Waals surface area contributed by atoms with Crippen LogP contribution in [0.4, 0.5) is 0 Å². The normalized spacial score (nSPS) is 23.0. The van der Waals surface area contributed by atoms with Crippen LogP contribution >= 0.6 is 0 Å². The zero-order chi connectivity index (χ0) is 18.0. The fourth-order valence-electron chi connectivity index (χ4n) is 3.47. The lowest BCUT2D eigenvalue weighted by molar-refractivity contribution is -0.146. The zero-order valence-electron chi connectivity index (χ0n) is 15.2. The van der Waals surface area contributed by atoms with E-state index in [1.807, 2.05) is 24.0 Å². The first kappa shape index (κ1) is 17.9. The van der Waals surface area contributed by atoms with Gasteiger partial charge in [0.1, 0.15) is 11.5 Å². The number of aryl methyl sites for hydroxylation is 1. The number of furan rings is 1. The number of hydrogen-bond donors (Lipinski definition) is 1. The number of amides is 2. The van der Waals surface area contributed by atoms with E-state index < -0.39 is 6.04 Å². The Morgan fingerprint density at radius 1 is 1.44 bits per heavy atom. The van der Waals surface area contributed by atoms with Crippen LogP contribution in [0.5, 0.6) is 0 Å². The van der Waals surface area contributed by atoms with Crippen molar-refractivity contribution in [3.8, 4) is 0 Å². The summed E-state index contributed by atoms with van der Waals surface area (Å²) in [5.41, 5.74) is 0.0324. The molecular formula is C18H27N3O4. The largest absolute Gasteiger partial charge is 0.465 e. The SMILES string of the molecule is Cc1ccc(CN2CCNC(=O)[C@H]2CC(=O)N(C)CC2(C)COC2)o1. The predicted molar refractivity (Wildman–Crippen MR) is 91.8 cm³/mol. The zero-order valence-corrected chi connectivity index (χ0v) is 15.2. The highest BCUT2D eigenvalue weighted by molar-refractivity contribution is 5.88. The molecule has 0 aliphatic carbocycles. The molecule has 0 saturated carbocycles. The molecule has 7 heteroatoms. The fourth-order valence-corrected chi connectivity index (χ4v) is 3.47. The maximum atomic E-state index is 12.6. The van der Waals surface area contributed by atoms with E-state index >= 15 is 0 Å². The molecule has 1 aromatic heterocycles. The molecule has 2 aliphatic heterocycles. The minimum atomic E-state index is -0.459. The molecule has 0 radical (unpaired) electrons. The summed E-state index contributed by atoms with van der Waals surface area (Å²) < 4.78 is 10.9. The Morgan fingerprint density at radius 3 is 2.80 bits per heavy atom. The minimum Gasteiger partial charge on any atom is -0.465 e. The van der Waals surface area contributed by atoms with Crippen molar-refractivity contribution in [1.29, 1.82) is 0 Å². The predicted octanol–water partition coefficient (Wildman–Crippen LogP) is 0.773. The standard InChI is InChI=1S/C18H27N3O4/c1-13-4-5-14(25-13)9-21-7-6-19-17(23)15(21)8-16(22)20(3)10-18(2)11-24-12-18/h4-5,15H,6-12H2,1-3H3,(H,19,23)/t15-/m1/s1. The molecule has 1 N–H and O–H groups in total. The van der Waals surface area contributed by atoms with Gasteiger partial charge in [0, 0.05) is 32.1 Å². The Labute approximate surface area is 148 Å². The van der Waals surface area contributed by atoms with Crippen LogP contribution in [0.3, 0.4) is 0 Å². The van der Waals surface area contributed by atoms with E-state index in [4.69, 9.17) is 9.15 Å². The molecule has 2 amide bonds. The van der Waals surface area contributed by atoms with Gasteiger partial charge in [-0.2, -0.15) is 0 Å². The first-order valence-corrected chi connectivity index (χ1v) is 8.75. The average molecular weight is 349 g/mol. The van der Waals surface area contributed by atoms with E-state index in [9.17, 15) is 9.59 Å². The van der Waals surface area contributed by atoms with Crippen molar-refractivity contribution in [3.05, 3.63) is 23.7 Å². The molecule has 7 nitrogen and oxygen atoms in total. The highest BCUT2D eigenvalue weighted by Gasteiger charge is 2.37. The monoisotopic (exact) mass is 349 g/mol. The second-order valence-corrected chi connectivity index (χ2v) is 7.55. The fraction of sp³-hybridized carbons (Fsp3) is 0.667. The van der Waals surface area contributed by atoms with Crippen LogP contribution < -0.4 is 5.32 Å². The van der Waals surface area contributed by atoms with E-state index in [2.05, 4.69) is 12.2 Å². The second-order valence-electron chi connectivity index (χ2n) is 7.55. The summed E-state index contributed by atoms with van der Waals surface area (Å²) in [5.74, 6) is 1.56. The molecule has 0 unspecified atom stereocenters. The molecule has 0 spiro atoms. The van der Waals surface area contributed by atoms with E-state index in [-0.39, 0.29) is 23.7 Å². The van der Waals surface area contributed by atoms with E-state index in [1.54, 1.807) is 11.9 Å². The summed E-state index contributed by atoms with van der Waals surface area (Å²) in [6.07, 6.45) is 0.180. The Hall–Kier alpha value is -1.86. The van der Waals surface area contributed by atoms with Gasteiger partial charge in [-0.1, -0.05) is 6.92 Å². The molecule has 2 saturated heterocycles. The number of carbonyl (C=O) groups excluding carboxylic acids is 2. The Kier molecular flexibility index (Phi) is 5.15. The maximum Gasteiger partial charge on any atom is 0.237 e. The van der Waals surface area contributed by atoms with E-state index in [0.717, 1.165) is 11.5 Å². The van der Waals surface area contributed by atoms with Crippen LogP contribution in [0.15, 0.2) is 16.5 Å². The molecule has 1 atom stereocenters. The lowest BCUT2D eigenvalue weighted by atomic mass is 9.88. The summed E-state index contributed by atoms with van der Waals surface area (Å²) in [5, 5.41) is 2.87. The summed E-state index contributed by atoms with van der Waals surface area (Å²) in [4.78, 5) is 28.7. The molecule has 1 aromatic rings. The lowest BCUT2D eigenvalue weighted by Crippen LogP contribution is -2.56. The number of piperazine rings is 1. The molecule has 3 rings (SSSR count). The molecule has 3 heterocycles. The molecule has 2 aliphatic rings. The third-order valence-corrected chi connectivity index (χ3v) is 4.91. The van der Waals surface area contributed by atoms with Gasteiger partial charge in [-0.15, -0.1) is 0 Å². The van der Waals surface area contributed by atoms with Gasteiger partial charge in [0.25, 0.3) is 0 Å². The van der Waals surface area contributed by atoms with Crippen molar-refractivity contribution in [2.24, 2.45) is 5.41 Å². The summed E-state index contributed by atoms with van der Waals surface area (Å²) in [7, 11) is 1.80. The first-order valence-electron chi connectivity index (χ1n) is 8.75. The molecule has 0 aromatic carbocycles. The Balaban J connectivity index is 1.62. The molecular weight excluding hydrogens is 322 g/mol. The molecule has 25 heavy (non-hydrogen) atoms. The van der Waals surface area contributed by atoms with Gasteiger partial charge >= 0.3 is 0 Å². The topological polar surface area (TPSA) is 75.0 Å². The number of nitrogens with one attached hydrogen (secondary N) is 1. The highest BCUT2D eigenvalue weighted by atomic mass is 16.5. The summed E-state index contributed by atoms with van der Waals surface area (Å²) in [6.45, 7) is 7.85. The number of rotatable bonds is 6. The van der Waals surface area contributed by atoms with Gasteiger partial charge in [-0.05, 0) is 19.1 Å². The molecule has 2 fully saturated rings. The lowest BCUT2D eigenvalue weighted by Gasteiger charge is -2.41. The summed E-state index contributed by atoms with van der Waals surface area (Å²) >= 11 is 0. The van der Waals surface area contributed by atoms with Crippen LogP contribution in [-0.2, 0) is 20.9 Å². The van der Waals surface area contributed by atoms with Crippen molar-refractivity contribution < 1.29 is 18.7 Å². The number of hydrogen-bond acceptors (Lipinski definition) is 5. The molecule has 138 valence electrons. The highest BCUT2D eigenvalue weighted by Crippen LogP contribution is 2.27. The van der Waals surface area contributed by atoms with E-state index in [0.29, 0.717) is 39.4 Å².